The van der Waals surface area contributed by atoms with Crippen molar-refractivity contribution in [3.63, 3.8) is 0 Å². The number of halogens is 3. The van der Waals surface area contributed by atoms with Crippen LogP contribution in [0.15, 0.2) is 22.7 Å². The molecular formula is C14H14F3N3O. The number of rotatable bonds is 3. The molecule has 3 rings (SSSR count). The number of aromatic nitrogens is 2. The van der Waals surface area contributed by atoms with E-state index in [9.17, 15) is 13.2 Å². The third kappa shape index (κ3) is 3.34. The fourth-order valence-electron chi connectivity index (χ4n) is 2.33. The van der Waals surface area contributed by atoms with Crippen molar-refractivity contribution >= 4 is 5.69 Å². The quantitative estimate of drug-likeness (QED) is 0.940. The van der Waals surface area contributed by atoms with E-state index < -0.39 is 12.6 Å². The molecule has 0 spiro atoms. The van der Waals surface area contributed by atoms with Crippen LogP contribution in [0.3, 0.4) is 0 Å². The van der Waals surface area contributed by atoms with E-state index >= 15 is 0 Å². The Morgan fingerprint density at radius 2 is 2.14 bits per heavy atom. The van der Waals surface area contributed by atoms with Crippen molar-refractivity contribution in [2.45, 2.75) is 31.9 Å². The number of anilines is 1. The normalized spacial score (nSPS) is 14.6. The summed E-state index contributed by atoms with van der Waals surface area (Å²) in [6, 6.07) is 5.71. The number of fused-ring (bicyclic) bond motifs is 1. The monoisotopic (exact) mass is 297 g/mol. The highest BCUT2D eigenvalue weighted by Crippen LogP contribution is 2.28. The molecular weight excluding hydrogens is 283 g/mol. The van der Waals surface area contributed by atoms with Gasteiger partial charge >= 0.3 is 6.18 Å². The first-order chi connectivity index (χ1) is 10.0. The van der Waals surface area contributed by atoms with E-state index in [2.05, 4.69) is 15.5 Å². The molecule has 1 aliphatic rings. The van der Waals surface area contributed by atoms with Crippen LogP contribution < -0.4 is 5.32 Å². The standard InChI is InChI=1S/C14H14F3N3O/c15-14(16,17)6-5-12-19-13(21-20-12)10-3-4-11-9(8-10)2-1-7-18-11/h3-4,8,18H,1-2,5-7H2. The molecule has 7 heteroatoms. The Morgan fingerprint density at radius 1 is 1.29 bits per heavy atom. The average molecular weight is 297 g/mol. The van der Waals surface area contributed by atoms with Crippen molar-refractivity contribution in [1.29, 1.82) is 0 Å². The predicted octanol–water partition coefficient (Wildman–Crippen LogP) is 3.59. The largest absolute Gasteiger partial charge is 0.389 e. The second kappa shape index (κ2) is 5.38. The zero-order valence-electron chi connectivity index (χ0n) is 11.2. The summed E-state index contributed by atoms with van der Waals surface area (Å²) in [7, 11) is 0. The Kier molecular flexibility index (Phi) is 3.57. The molecule has 0 atom stereocenters. The minimum absolute atomic E-state index is 0.0816. The summed E-state index contributed by atoms with van der Waals surface area (Å²) >= 11 is 0. The van der Waals surface area contributed by atoms with Gasteiger partial charge in [-0.1, -0.05) is 5.16 Å². The van der Waals surface area contributed by atoms with Crippen molar-refractivity contribution < 1.29 is 17.7 Å². The van der Waals surface area contributed by atoms with E-state index in [1.165, 1.54) is 0 Å². The lowest BCUT2D eigenvalue weighted by atomic mass is 10.0. The van der Waals surface area contributed by atoms with E-state index in [4.69, 9.17) is 4.52 Å². The molecule has 1 aromatic carbocycles. The first-order valence-corrected chi connectivity index (χ1v) is 6.78. The second-order valence-corrected chi connectivity index (χ2v) is 5.03. The fraction of sp³-hybridized carbons (Fsp3) is 0.429. The average Bonchev–Trinajstić information content (AvgIpc) is 2.93. The first-order valence-electron chi connectivity index (χ1n) is 6.78. The van der Waals surface area contributed by atoms with Crippen molar-refractivity contribution in [2.75, 3.05) is 11.9 Å². The fourth-order valence-corrected chi connectivity index (χ4v) is 2.33. The lowest BCUT2D eigenvalue weighted by Gasteiger charge is -2.17. The molecule has 0 saturated carbocycles. The van der Waals surface area contributed by atoms with E-state index in [1.54, 1.807) is 0 Å². The topological polar surface area (TPSA) is 51.0 Å². The van der Waals surface area contributed by atoms with Crippen LogP contribution in [-0.2, 0) is 12.8 Å². The van der Waals surface area contributed by atoms with Crippen LogP contribution in [0.25, 0.3) is 11.5 Å². The maximum absolute atomic E-state index is 12.2. The molecule has 1 aromatic heterocycles. The highest BCUT2D eigenvalue weighted by Gasteiger charge is 2.27. The van der Waals surface area contributed by atoms with Crippen molar-refractivity contribution in [2.24, 2.45) is 0 Å². The molecule has 112 valence electrons. The smallest absolute Gasteiger partial charge is 0.385 e. The van der Waals surface area contributed by atoms with Crippen LogP contribution in [-0.4, -0.2) is 22.9 Å². The lowest BCUT2D eigenvalue weighted by molar-refractivity contribution is -0.134. The van der Waals surface area contributed by atoms with Gasteiger partial charge in [0.05, 0.1) is 6.42 Å². The maximum Gasteiger partial charge on any atom is 0.389 e. The van der Waals surface area contributed by atoms with Gasteiger partial charge in [0.2, 0.25) is 0 Å². The number of alkyl halides is 3. The minimum atomic E-state index is -4.21. The summed E-state index contributed by atoms with van der Waals surface area (Å²) in [5.74, 6) is 0.346. The Bertz CT molecular complexity index is 637. The molecule has 4 nitrogen and oxygen atoms in total. The summed E-state index contributed by atoms with van der Waals surface area (Å²) in [5, 5.41) is 6.90. The van der Waals surface area contributed by atoms with Gasteiger partial charge in [-0.25, -0.2) is 0 Å². The number of hydrogen-bond donors (Lipinski definition) is 1. The molecule has 2 aromatic rings. The molecule has 1 N–H and O–H groups in total. The summed E-state index contributed by atoms with van der Waals surface area (Å²) < 4.78 is 41.6. The molecule has 0 bridgehead atoms. The molecule has 2 heterocycles. The van der Waals surface area contributed by atoms with Gasteiger partial charge in [-0.2, -0.15) is 18.2 Å². The van der Waals surface area contributed by atoms with E-state index in [1.807, 2.05) is 18.2 Å². The molecule has 0 aliphatic carbocycles. The molecule has 0 fully saturated rings. The highest BCUT2D eigenvalue weighted by atomic mass is 19.4. The summed E-state index contributed by atoms with van der Waals surface area (Å²) in [4.78, 5) is 4.03. The third-order valence-corrected chi connectivity index (χ3v) is 3.39. The van der Waals surface area contributed by atoms with Crippen LogP contribution in [0, 0.1) is 0 Å². The van der Waals surface area contributed by atoms with E-state index in [0.29, 0.717) is 0 Å². The van der Waals surface area contributed by atoms with Crippen LogP contribution in [0.4, 0.5) is 18.9 Å². The van der Waals surface area contributed by atoms with Gasteiger partial charge in [-0.15, -0.1) is 0 Å². The van der Waals surface area contributed by atoms with Gasteiger partial charge in [0, 0.05) is 24.2 Å². The Hall–Kier alpha value is -2.05. The molecule has 21 heavy (non-hydrogen) atoms. The van der Waals surface area contributed by atoms with Crippen LogP contribution >= 0.6 is 0 Å². The van der Waals surface area contributed by atoms with Gasteiger partial charge in [-0.3, -0.25) is 0 Å². The third-order valence-electron chi connectivity index (χ3n) is 3.39. The zero-order valence-corrected chi connectivity index (χ0v) is 11.2. The number of hydrogen-bond acceptors (Lipinski definition) is 4. The number of benzene rings is 1. The number of aryl methyl sites for hydroxylation is 2. The Labute approximate surface area is 119 Å². The summed E-state index contributed by atoms with van der Waals surface area (Å²) in [6.07, 6.45) is -3.40. The van der Waals surface area contributed by atoms with Crippen molar-refractivity contribution in [1.82, 2.24) is 10.1 Å². The van der Waals surface area contributed by atoms with Crippen molar-refractivity contribution in [3.8, 4) is 11.5 Å². The van der Waals surface area contributed by atoms with Gasteiger partial charge in [-0.05, 0) is 36.6 Å². The van der Waals surface area contributed by atoms with Gasteiger partial charge in [0.1, 0.15) is 0 Å². The van der Waals surface area contributed by atoms with Gasteiger partial charge in [0.15, 0.2) is 5.82 Å². The Morgan fingerprint density at radius 3 is 2.95 bits per heavy atom. The molecule has 0 unspecified atom stereocenters. The number of nitrogens with one attached hydrogen (secondary N) is 1. The van der Waals surface area contributed by atoms with E-state index in [0.717, 1.165) is 36.2 Å². The molecule has 0 amide bonds. The van der Waals surface area contributed by atoms with E-state index in [-0.39, 0.29) is 18.1 Å². The molecule has 1 aliphatic heterocycles. The van der Waals surface area contributed by atoms with Crippen LogP contribution in [0.1, 0.15) is 24.2 Å². The van der Waals surface area contributed by atoms with Gasteiger partial charge < -0.3 is 9.84 Å². The van der Waals surface area contributed by atoms with Crippen LogP contribution in [0.2, 0.25) is 0 Å². The molecule has 0 saturated heterocycles. The zero-order chi connectivity index (χ0) is 14.9. The predicted molar refractivity (Wildman–Crippen MR) is 70.9 cm³/mol. The second-order valence-electron chi connectivity index (χ2n) is 5.03. The number of nitrogens with zero attached hydrogens (tertiary/aromatic N) is 2. The van der Waals surface area contributed by atoms with Crippen LogP contribution in [0.5, 0.6) is 0 Å². The molecule has 0 radical (unpaired) electrons. The van der Waals surface area contributed by atoms with Crippen molar-refractivity contribution in [3.05, 3.63) is 29.6 Å². The maximum atomic E-state index is 12.2. The Balaban J connectivity index is 1.77. The minimum Gasteiger partial charge on any atom is -0.385 e. The first kappa shape index (κ1) is 13.9. The lowest BCUT2D eigenvalue weighted by Crippen LogP contribution is -2.11. The summed E-state index contributed by atoms with van der Waals surface area (Å²) in [6.45, 7) is 0.953. The summed E-state index contributed by atoms with van der Waals surface area (Å²) in [5.41, 5.74) is 2.99. The van der Waals surface area contributed by atoms with Gasteiger partial charge in [0.25, 0.3) is 5.89 Å². The highest BCUT2D eigenvalue weighted by molar-refractivity contribution is 5.63. The SMILES string of the molecule is FC(F)(F)CCc1noc(-c2ccc3c(c2)CCCN3)n1.